The van der Waals surface area contributed by atoms with Crippen molar-refractivity contribution in [2.75, 3.05) is 18.0 Å². The van der Waals surface area contributed by atoms with Gasteiger partial charge in [-0.25, -0.2) is 9.37 Å². The molecule has 148 valence electrons. The van der Waals surface area contributed by atoms with E-state index in [1.807, 2.05) is 37.3 Å². The summed E-state index contributed by atoms with van der Waals surface area (Å²) >= 11 is 0. The van der Waals surface area contributed by atoms with E-state index in [1.165, 1.54) is 10.6 Å². The summed E-state index contributed by atoms with van der Waals surface area (Å²) in [6.07, 6.45) is -1.65. The van der Waals surface area contributed by atoms with Crippen LogP contribution in [0.1, 0.15) is 29.7 Å². The van der Waals surface area contributed by atoms with Crippen molar-refractivity contribution in [3.63, 3.8) is 0 Å². The zero-order chi connectivity index (χ0) is 19.9. The number of hydrogen-bond acceptors (Lipinski definition) is 2. The van der Waals surface area contributed by atoms with Gasteiger partial charge >= 0.3 is 6.18 Å². The predicted octanol–water partition coefficient (Wildman–Crippen LogP) is 5.21. The van der Waals surface area contributed by atoms with Crippen molar-refractivity contribution in [2.45, 2.75) is 38.0 Å². The summed E-state index contributed by atoms with van der Waals surface area (Å²) in [6, 6.07) is 11.0. The van der Waals surface area contributed by atoms with E-state index in [1.54, 1.807) is 12.3 Å². The Morgan fingerprint density at radius 2 is 1.75 bits per heavy atom. The number of anilines is 1. The molecule has 1 fully saturated rings. The standard InChI is InChI=1S/C21H21F4N3/c1-15-18(7-10-28-17(13-21(23,24)25)14-26-19(15)28)27-11-8-20(22,9-12-27)16-5-3-2-4-6-16/h2-7,10,14H,8-9,11-13H2,1H3. The normalized spacial score (nSPS) is 17.2. The minimum atomic E-state index is -4.28. The van der Waals surface area contributed by atoms with Crippen LogP contribution in [-0.4, -0.2) is 28.7 Å². The van der Waals surface area contributed by atoms with E-state index >= 15 is 4.39 Å². The average Bonchev–Trinajstić information content (AvgIpc) is 3.06. The number of benzene rings is 1. The first kappa shape index (κ1) is 18.8. The van der Waals surface area contributed by atoms with Crippen LogP contribution in [0.2, 0.25) is 0 Å². The lowest BCUT2D eigenvalue weighted by Crippen LogP contribution is -2.40. The molecular weight excluding hydrogens is 370 g/mol. The van der Waals surface area contributed by atoms with Crippen molar-refractivity contribution in [2.24, 2.45) is 0 Å². The van der Waals surface area contributed by atoms with Gasteiger partial charge in [0.15, 0.2) is 0 Å². The average molecular weight is 391 g/mol. The molecule has 2 aromatic heterocycles. The van der Waals surface area contributed by atoms with Crippen molar-refractivity contribution >= 4 is 11.3 Å². The zero-order valence-corrected chi connectivity index (χ0v) is 15.5. The molecule has 0 atom stereocenters. The van der Waals surface area contributed by atoms with Gasteiger partial charge in [0.05, 0.1) is 12.1 Å². The van der Waals surface area contributed by atoms with Crippen LogP contribution in [0.4, 0.5) is 23.2 Å². The summed E-state index contributed by atoms with van der Waals surface area (Å²) < 4.78 is 55.1. The Hall–Kier alpha value is -2.57. The Morgan fingerprint density at radius 1 is 1.07 bits per heavy atom. The van der Waals surface area contributed by atoms with Gasteiger partial charge in [-0.15, -0.1) is 0 Å². The summed E-state index contributed by atoms with van der Waals surface area (Å²) in [5, 5.41) is 0. The molecule has 3 nitrogen and oxygen atoms in total. The molecule has 0 N–H and O–H groups in total. The van der Waals surface area contributed by atoms with Crippen molar-refractivity contribution in [3.05, 3.63) is 65.6 Å². The van der Waals surface area contributed by atoms with Crippen LogP contribution in [0.15, 0.2) is 48.8 Å². The van der Waals surface area contributed by atoms with Crippen LogP contribution < -0.4 is 4.90 Å². The molecule has 3 heterocycles. The molecule has 0 spiro atoms. The molecule has 1 aliphatic rings. The molecular formula is C21H21F4N3. The fourth-order valence-corrected chi connectivity index (χ4v) is 4.03. The van der Waals surface area contributed by atoms with Crippen LogP contribution in [0.3, 0.4) is 0 Å². The SMILES string of the molecule is Cc1c(N2CCC(F)(c3ccccc3)CC2)ccn2c(CC(F)(F)F)cnc12. The predicted molar refractivity (Wildman–Crippen MR) is 100 cm³/mol. The summed E-state index contributed by atoms with van der Waals surface area (Å²) in [5.41, 5.74) is 1.68. The van der Waals surface area contributed by atoms with Gasteiger partial charge in [-0.2, -0.15) is 13.2 Å². The summed E-state index contributed by atoms with van der Waals surface area (Å²) in [7, 11) is 0. The van der Waals surface area contributed by atoms with E-state index < -0.39 is 18.3 Å². The van der Waals surface area contributed by atoms with Crippen molar-refractivity contribution in [1.29, 1.82) is 0 Å². The number of piperidine rings is 1. The Kier molecular flexibility index (Phi) is 4.56. The zero-order valence-electron chi connectivity index (χ0n) is 15.5. The molecule has 0 saturated carbocycles. The van der Waals surface area contributed by atoms with Gasteiger partial charge in [0.2, 0.25) is 0 Å². The first-order valence-electron chi connectivity index (χ1n) is 9.28. The summed E-state index contributed by atoms with van der Waals surface area (Å²) in [5.74, 6) is 0. The van der Waals surface area contributed by atoms with E-state index in [4.69, 9.17) is 0 Å². The number of fused-ring (bicyclic) bond motifs is 1. The van der Waals surface area contributed by atoms with Crippen LogP contribution in [0.5, 0.6) is 0 Å². The number of rotatable bonds is 3. The Labute approximate surface area is 160 Å². The smallest absolute Gasteiger partial charge is 0.371 e. The van der Waals surface area contributed by atoms with E-state index in [-0.39, 0.29) is 5.69 Å². The highest BCUT2D eigenvalue weighted by Gasteiger charge is 2.36. The highest BCUT2D eigenvalue weighted by Crippen LogP contribution is 2.39. The van der Waals surface area contributed by atoms with Crippen LogP contribution in [0.25, 0.3) is 5.65 Å². The lowest BCUT2D eigenvalue weighted by molar-refractivity contribution is -0.127. The van der Waals surface area contributed by atoms with Gasteiger partial charge < -0.3 is 9.30 Å². The Balaban J connectivity index is 1.57. The van der Waals surface area contributed by atoms with Crippen LogP contribution in [-0.2, 0) is 12.1 Å². The van der Waals surface area contributed by atoms with Gasteiger partial charge in [0.25, 0.3) is 0 Å². The number of pyridine rings is 1. The fraction of sp³-hybridized carbons (Fsp3) is 0.381. The Morgan fingerprint density at radius 3 is 2.39 bits per heavy atom. The van der Waals surface area contributed by atoms with Gasteiger partial charge in [0, 0.05) is 49.6 Å². The third-order valence-electron chi connectivity index (χ3n) is 5.54. The maximum Gasteiger partial charge on any atom is 0.394 e. The maximum atomic E-state index is 15.4. The minimum absolute atomic E-state index is 0.114. The second-order valence-corrected chi connectivity index (χ2v) is 7.38. The summed E-state index contributed by atoms with van der Waals surface area (Å²) in [4.78, 5) is 6.29. The number of aryl methyl sites for hydroxylation is 1. The first-order valence-corrected chi connectivity index (χ1v) is 9.28. The second kappa shape index (κ2) is 6.79. The molecule has 0 unspecified atom stereocenters. The molecule has 0 aliphatic carbocycles. The molecule has 0 amide bonds. The third-order valence-corrected chi connectivity index (χ3v) is 5.54. The highest BCUT2D eigenvalue weighted by atomic mass is 19.4. The molecule has 3 aromatic rings. The number of hydrogen-bond donors (Lipinski definition) is 0. The molecule has 28 heavy (non-hydrogen) atoms. The topological polar surface area (TPSA) is 20.5 Å². The molecule has 0 radical (unpaired) electrons. The summed E-state index contributed by atoms with van der Waals surface area (Å²) in [6.45, 7) is 2.93. The van der Waals surface area contributed by atoms with E-state index in [9.17, 15) is 13.2 Å². The third kappa shape index (κ3) is 3.45. The van der Waals surface area contributed by atoms with Crippen molar-refractivity contribution < 1.29 is 17.6 Å². The van der Waals surface area contributed by atoms with E-state index in [2.05, 4.69) is 9.88 Å². The molecule has 7 heteroatoms. The fourth-order valence-electron chi connectivity index (χ4n) is 4.03. The van der Waals surface area contributed by atoms with E-state index in [0.29, 0.717) is 37.1 Å². The molecule has 1 aliphatic heterocycles. The van der Waals surface area contributed by atoms with Crippen molar-refractivity contribution in [1.82, 2.24) is 9.38 Å². The molecule has 1 aromatic carbocycles. The highest BCUT2D eigenvalue weighted by molar-refractivity contribution is 5.65. The van der Waals surface area contributed by atoms with Crippen LogP contribution >= 0.6 is 0 Å². The Bertz CT molecular complexity index is 970. The first-order chi connectivity index (χ1) is 13.3. The number of aromatic nitrogens is 2. The van der Waals surface area contributed by atoms with Crippen molar-refractivity contribution in [3.8, 4) is 0 Å². The second-order valence-electron chi connectivity index (χ2n) is 7.38. The molecule has 1 saturated heterocycles. The monoisotopic (exact) mass is 391 g/mol. The van der Waals surface area contributed by atoms with Gasteiger partial charge in [-0.05, 0) is 18.6 Å². The number of imidazole rings is 1. The lowest BCUT2D eigenvalue weighted by atomic mass is 9.86. The van der Waals surface area contributed by atoms with Crippen LogP contribution in [0, 0.1) is 6.92 Å². The lowest BCUT2D eigenvalue weighted by Gasteiger charge is -2.38. The quantitative estimate of drug-likeness (QED) is 0.571. The number of alkyl halides is 4. The van der Waals surface area contributed by atoms with E-state index in [0.717, 1.165) is 11.3 Å². The van der Waals surface area contributed by atoms with Gasteiger partial charge in [-0.3, -0.25) is 0 Å². The van der Waals surface area contributed by atoms with Gasteiger partial charge in [-0.1, -0.05) is 30.3 Å². The molecule has 0 bridgehead atoms. The number of nitrogens with zero attached hydrogens (tertiary/aromatic N) is 3. The van der Waals surface area contributed by atoms with Gasteiger partial charge in [0.1, 0.15) is 11.3 Å². The largest absolute Gasteiger partial charge is 0.394 e. The minimum Gasteiger partial charge on any atom is -0.371 e. The maximum absolute atomic E-state index is 15.4. The number of halogens is 4. The molecule has 4 rings (SSSR count).